The molecule has 0 radical (unpaired) electrons. The van der Waals surface area contributed by atoms with Crippen LogP contribution < -0.4 is 10.3 Å². The summed E-state index contributed by atoms with van der Waals surface area (Å²) < 4.78 is 0.425. The fourth-order valence-corrected chi connectivity index (χ4v) is 5.02. The van der Waals surface area contributed by atoms with Gasteiger partial charge in [0, 0.05) is 25.7 Å². The van der Waals surface area contributed by atoms with Crippen molar-refractivity contribution in [2.45, 2.75) is 33.6 Å². The van der Waals surface area contributed by atoms with Gasteiger partial charge in [0.05, 0.1) is 17.5 Å². The number of likely N-dealkylation sites (tertiary alicyclic amines) is 1. The van der Waals surface area contributed by atoms with Crippen LogP contribution in [0, 0.1) is 16.7 Å². The summed E-state index contributed by atoms with van der Waals surface area (Å²) >= 11 is 6.55. The molecule has 1 aliphatic carbocycles. The minimum absolute atomic E-state index is 0.0743. The Labute approximate surface area is 182 Å². The first-order chi connectivity index (χ1) is 13.6. The number of amides is 2. The van der Waals surface area contributed by atoms with E-state index in [1.54, 1.807) is 6.21 Å². The molecule has 156 valence electrons. The van der Waals surface area contributed by atoms with Crippen molar-refractivity contribution < 1.29 is 9.59 Å². The van der Waals surface area contributed by atoms with Crippen molar-refractivity contribution in [2.24, 2.45) is 21.8 Å². The lowest BCUT2D eigenvalue weighted by Gasteiger charge is -2.47. The fraction of sp³-hybridized carbons (Fsp3) is 0.524. The van der Waals surface area contributed by atoms with E-state index in [2.05, 4.69) is 10.5 Å². The van der Waals surface area contributed by atoms with Gasteiger partial charge < -0.3 is 4.90 Å². The van der Waals surface area contributed by atoms with Gasteiger partial charge in [-0.05, 0) is 36.0 Å². The first-order valence-corrected chi connectivity index (χ1v) is 11.1. The summed E-state index contributed by atoms with van der Waals surface area (Å²) in [5, 5.41) is 4.16. The molecule has 1 heterocycles. The van der Waals surface area contributed by atoms with Gasteiger partial charge in [-0.1, -0.05) is 56.9 Å². The summed E-state index contributed by atoms with van der Waals surface area (Å²) in [6.07, 6.45) is 3.22. The van der Waals surface area contributed by atoms with Crippen LogP contribution in [0.25, 0.3) is 0 Å². The third-order valence-electron chi connectivity index (χ3n) is 6.61. The molecular weight excluding hydrogens is 404 g/mol. The SMILES string of the molecule is CN(C)c1ccc(C=NNC(=S)SCN2C(=O)[C@@H]3CC[C@](C)(C2=O)C3(C)C)cc1. The van der Waals surface area contributed by atoms with Crippen LogP contribution in [0.15, 0.2) is 29.4 Å². The molecule has 2 amide bonds. The van der Waals surface area contributed by atoms with E-state index in [9.17, 15) is 9.59 Å². The summed E-state index contributed by atoms with van der Waals surface area (Å²) in [4.78, 5) is 29.3. The number of carbonyl (C=O) groups excluding carboxylic acids is 2. The van der Waals surface area contributed by atoms with E-state index in [0.29, 0.717) is 4.32 Å². The number of piperidine rings is 1. The molecule has 1 aromatic carbocycles. The third kappa shape index (κ3) is 3.92. The Kier molecular flexibility index (Phi) is 6.06. The molecule has 1 aromatic rings. The molecular formula is C21H28N4O2S2. The Morgan fingerprint density at radius 3 is 2.59 bits per heavy atom. The number of thioether (sulfide) groups is 1. The number of carbonyl (C=O) groups is 2. The largest absolute Gasteiger partial charge is 0.378 e. The van der Waals surface area contributed by atoms with Crippen molar-refractivity contribution in [1.29, 1.82) is 0 Å². The average Bonchev–Trinajstić information content (AvgIpc) is 2.85. The first-order valence-electron chi connectivity index (χ1n) is 9.67. The average molecular weight is 433 g/mol. The lowest BCUT2D eigenvalue weighted by Crippen LogP contribution is -2.58. The quantitative estimate of drug-likeness (QED) is 0.333. The predicted molar refractivity (Wildman–Crippen MR) is 123 cm³/mol. The fourth-order valence-electron chi connectivity index (χ4n) is 4.20. The van der Waals surface area contributed by atoms with E-state index in [1.165, 1.54) is 16.7 Å². The van der Waals surface area contributed by atoms with E-state index in [0.717, 1.165) is 24.1 Å². The Morgan fingerprint density at radius 1 is 1.31 bits per heavy atom. The highest BCUT2D eigenvalue weighted by Crippen LogP contribution is 2.60. The van der Waals surface area contributed by atoms with E-state index in [4.69, 9.17) is 12.2 Å². The minimum Gasteiger partial charge on any atom is -0.378 e. The van der Waals surface area contributed by atoms with Crippen molar-refractivity contribution in [3.8, 4) is 0 Å². The van der Waals surface area contributed by atoms with Crippen LogP contribution in [-0.2, 0) is 9.59 Å². The highest BCUT2D eigenvalue weighted by Gasteiger charge is 2.64. The second-order valence-electron chi connectivity index (χ2n) is 8.63. The molecule has 0 unspecified atom stereocenters. The second-order valence-corrected chi connectivity index (χ2v) is 10.3. The zero-order valence-corrected chi connectivity index (χ0v) is 19.2. The molecule has 2 fully saturated rings. The van der Waals surface area contributed by atoms with E-state index >= 15 is 0 Å². The number of imide groups is 1. The van der Waals surface area contributed by atoms with Gasteiger partial charge in [-0.2, -0.15) is 5.10 Å². The van der Waals surface area contributed by atoms with Crippen LogP contribution in [0.5, 0.6) is 0 Å². The van der Waals surface area contributed by atoms with E-state index in [-0.39, 0.29) is 29.0 Å². The van der Waals surface area contributed by atoms with Gasteiger partial charge in [-0.15, -0.1) is 0 Å². The molecule has 1 aliphatic heterocycles. The zero-order valence-electron chi connectivity index (χ0n) is 17.6. The lowest BCUT2D eigenvalue weighted by atomic mass is 9.62. The molecule has 1 N–H and O–H groups in total. The molecule has 29 heavy (non-hydrogen) atoms. The molecule has 0 aromatic heterocycles. The van der Waals surface area contributed by atoms with Gasteiger partial charge in [0.15, 0.2) is 4.32 Å². The molecule has 6 nitrogen and oxygen atoms in total. The number of benzene rings is 1. The van der Waals surface area contributed by atoms with Crippen LogP contribution in [0.3, 0.4) is 0 Å². The molecule has 1 saturated carbocycles. The summed E-state index contributed by atoms with van der Waals surface area (Å²) in [5.74, 6) is -0.0371. The van der Waals surface area contributed by atoms with Crippen LogP contribution >= 0.6 is 24.0 Å². The van der Waals surface area contributed by atoms with Gasteiger partial charge in [0.25, 0.3) is 0 Å². The Hall–Kier alpha value is -1.93. The predicted octanol–water partition coefficient (Wildman–Crippen LogP) is 3.46. The van der Waals surface area contributed by atoms with Gasteiger partial charge >= 0.3 is 0 Å². The Morgan fingerprint density at radius 2 is 1.97 bits per heavy atom. The monoisotopic (exact) mass is 432 g/mol. The summed E-state index contributed by atoms with van der Waals surface area (Å²) in [5.41, 5.74) is 4.08. The Balaban J connectivity index is 1.54. The van der Waals surface area contributed by atoms with Gasteiger partial charge in [-0.3, -0.25) is 19.9 Å². The number of rotatable bonds is 5. The smallest absolute Gasteiger partial charge is 0.236 e. The van der Waals surface area contributed by atoms with Gasteiger partial charge in [0.2, 0.25) is 11.8 Å². The molecule has 2 atom stereocenters. The number of nitrogens with zero attached hydrogens (tertiary/aromatic N) is 3. The van der Waals surface area contributed by atoms with Crippen LogP contribution in [0.1, 0.15) is 39.2 Å². The number of thiocarbonyl (C=S) groups is 1. The molecule has 2 aliphatic rings. The molecule has 0 spiro atoms. The third-order valence-corrected chi connectivity index (χ3v) is 7.80. The zero-order chi connectivity index (χ0) is 21.4. The highest BCUT2D eigenvalue weighted by molar-refractivity contribution is 8.22. The Bertz CT molecular complexity index is 851. The molecule has 3 rings (SSSR count). The second kappa shape index (κ2) is 8.07. The maximum Gasteiger partial charge on any atom is 0.236 e. The maximum atomic E-state index is 13.0. The highest BCUT2D eigenvalue weighted by atomic mass is 32.2. The minimum atomic E-state index is -0.488. The van der Waals surface area contributed by atoms with Gasteiger partial charge in [-0.25, -0.2) is 0 Å². The van der Waals surface area contributed by atoms with Crippen molar-refractivity contribution in [2.75, 3.05) is 24.9 Å². The van der Waals surface area contributed by atoms with Crippen molar-refractivity contribution in [3.05, 3.63) is 29.8 Å². The molecule has 1 saturated heterocycles. The topological polar surface area (TPSA) is 65.0 Å². The first kappa shape index (κ1) is 21.8. The van der Waals surface area contributed by atoms with Crippen molar-refractivity contribution in [1.82, 2.24) is 10.3 Å². The number of anilines is 1. The van der Waals surface area contributed by atoms with E-state index in [1.807, 2.05) is 64.0 Å². The molecule has 8 heteroatoms. The number of hydrazone groups is 1. The lowest BCUT2D eigenvalue weighted by molar-refractivity contribution is -0.166. The standard InChI is InChI=1S/C21H28N4O2S2/c1-20(2)16-10-11-21(20,3)18(27)25(17(16)26)13-29-19(28)23-22-12-14-6-8-15(9-7-14)24(4)5/h6-9,12,16H,10-11,13H2,1-5H3,(H,23,28)/t16-,21+/m0/s1. The summed E-state index contributed by atoms with van der Waals surface area (Å²) in [7, 11) is 3.98. The normalized spacial score (nSPS) is 25.6. The maximum absolute atomic E-state index is 13.0. The van der Waals surface area contributed by atoms with Crippen molar-refractivity contribution >= 4 is 52.0 Å². The van der Waals surface area contributed by atoms with Crippen molar-refractivity contribution in [3.63, 3.8) is 0 Å². The summed E-state index contributed by atoms with van der Waals surface area (Å²) in [6, 6.07) is 7.97. The van der Waals surface area contributed by atoms with Crippen LogP contribution in [0.4, 0.5) is 5.69 Å². The number of fused-ring (bicyclic) bond motifs is 2. The number of hydrogen-bond donors (Lipinski definition) is 1. The molecule has 2 bridgehead atoms. The van der Waals surface area contributed by atoms with E-state index < -0.39 is 5.41 Å². The van der Waals surface area contributed by atoms with Crippen LogP contribution in [-0.4, -0.2) is 47.2 Å². The number of nitrogens with one attached hydrogen (secondary N) is 1. The number of hydrogen-bond acceptors (Lipinski definition) is 6. The van der Waals surface area contributed by atoms with Gasteiger partial charge in [0.1, 0.15) is 0 Å². The van der Waals surface area contributed by atoms with Crippen LogP contribution in [0.2, 0.25) is 0 Å². The summed E-state index contributed by atoms with van der Waals surface area (Å²) in [6.45, 7) is 6.07.